The summed E-state index contributed by atoms with van der Waals surface area (Å²) in [5, 5.41) is 20.9. The fraction of sp³-hybridized carbons (Fsp3) is 0.125. The van der Waals surface area contributed by atoms with E-state index in [4.69, 9.17) is 9.47 Å². The largest absolute Gasteiger partial charge is 0.468 e. The monoisotopic (exact) mass is 676 g/mol. The number of hydrogen-bond acceptors (Lipinski definition) is 4. The Morgan fingerprint density at radius 1 is 0.538 bits per heavy atom. The molecule has 0 fully saturated rings. The molecule has 7 aromatic rings. The quantitative estimate of drug-likeness (QED) is 0.172. The second-order valence-corrected chi connectivity index (χ2v) is 14.4. The molecule has 3 aliphatic carbocycles. The molecule has 0 radical (unpaired) electrons. The number of aliphatic hydroxyl groups excluding tert-OH is 2. The Bertz CT molecular complexity index is 2600. The van der Waals surface area contributed by atoms with Crippen LogP contribution in [0.3, 0.4) is 0 Å². The van der Waals surface area contributed by atoms with Crippen LogP contribution in [0.4, 0.5) is 0 Å². The van der Waals surface area contributed by atoms with Gasteiger partial charge in [0, 0.05) is 6.42 Å². The summed E-state index contributed by atoms with van der Waals surface area (Å²) in [6.07, 6.45) is 4.91. The van der Waals surface area contributed by atoms with E-state index in [9.17, 15) is 10.2 Å². The molecule has 0 bridgehead atoms. The minimum atomic E-state index is -0.511. The van der Waals surface area contributed by atoms with Crippen LogP contribution in [0, 0.1) is 0 Å². The van der Waals surface area contributed by atoms with E-state index in [1.165, 1.54) is 72.3 Å². The molecule has 52 heavy (non-hydrogen) atoms. The molecule has 0 saturated heterocycles. The SMILES string of the molecule is CC1(OCO)C=Cc2cc(-c3ccc4c(c3)C3(c5ccccc5-4)c4ccccc4-c4ccc(-c5ccc6cc(OCO)ccc6c5)cc43)ccc2C1. The van der Waals surface area contributed by atoms with Crippen molar-refractivity contribution in [1.82, 2.24) is 0 Å². The van der Waals surface area contributed by atoms with Crippen LogP contribution in [0.1, 0.15) is 40.3 Å². The molecule has 0 heterocycles. The average Bonchev–Trinajstić information content (AvgIpc) is 3.64. The highest BCUT2D eigenvalue weighted by Gasteiger charge is 2.51. The topological polar surface area (TPSA) is 58.9 Å². The minimum absolute atomic E-state index is 0.299. The molecule has 2 unspecified atom stereocenters. The van der Waals surface area contributed by atoms with Gasteiger partial charge in [-0.1, -0.05) is 115 Å². The lowest BCUT2D eigenvalue weighted by atomic mass is 9.70. The highest BCUT2D eigenvalue weighted by Crippen LogP contribution is 2.63. The maximum Gasteiger partial charge on any atom is 0.186 e. The third kappa shape index (κ3) is 4.52. The Labute approximate surface area is 302 Å². The lowest BCUT2D eigenvalue weighted by Crippen LogP contribution is -2.31. The first kappa shape index (κ1) is 31.0. The second-order valence-electron chi connectivity index (χ2n) is 14.4. The zero-order valence-electron chi connectivity index (χ0n) is 28.8. The van der Waals surface area contributed by atoms with Gasteiger partial charge in [0.05, 0.1) is 11.0 Å². The molecule has 0 aromatic heterocycles. The van der Waals surface area contributed by atoms with Gasteiger partial charge in [0.2, 0.25) is 0 Å². The molecule has 0 saturated carbocycles. The van der Waals surface area contributed by atoms with Crippen molar-refractivity contribution in [2.75, 3.05) is 13.6 Å². The summed E-state index contributed by atoms with van der Waals surface area (Å²) in [6, 6.07) is 51.1. The normalized spacial score (nSPS) is 18.9. The van der Waals surface area contributed by atoms with Crippen LogP contribution >= 0.6 is 0 Å². The lowest BCUT2D eigenvalue weighted by Gasteiger charge is -2.31. The van der Waals surface area contributed by atoms with Crippen LogP contribution in [-0.4, -0.2) is 29.4 Å². The summed E-state index contributed by atoms with van der Waals surface area (Å²) < 4.78 is 11.0. The molecule has 0 amide bonds. The van der Waals surface area contributed by atoms with Gasteiger partial charge in [-0.3, -0.25) is 0 Å². The van der Waals surface area contributed by atoms with Crippen molar-refractivity contribution >= 4 is 16.8 Å². The Hall–Kier alpha value is -5.78. The summed E-state index contributed by atoms with van der Waals surface area (Å²) in [5.41, 5.74) is 16.4. The molecule has 2 N–H and O–H groups in total. The molecule has 2 atom stereocenters. The fourth-order valence-electron chi connectivity index (χ4n) is 9.11. The number of hydrogen-bond donors (Lipinski definition) is 2. The third-order valence-corrected chi connectivity index (χ3v) is 11.5. The zero-order chi connectivity index (χ0) is 35.0. The molecular formula is C48H36O4. The first-order valence-corrected chi connectivity index (χ1v) is 17.8. The van der Waals surface area contributed by atoms with Gasteiger partial charge in [-0.15, -0.1) is 0 Å². The molecule has 7 aromatic carbocycles. The average molecular weight is 677 g/mol. The number of benzene rings is 7. The van der Waals surface area contributed by atoms with E-state index >= 15 is 0 Å². The summed E-state index contributed by atoms with van der Waals surface area (Å²) in [5.74, 6) is 0.653. The van der Waals surface area contributed by atoms with Crippen molar-refractivity contribution in [3.8, 4) is 50.3 Å². The summed E-state index contributed by atoms with van der Waals surface area (Å²) >= 11 is 0. The fourth-order valence-corrected chi connectivity index (χ4v) is 9.11. The molecule has 4 nitrogen and oxygen atoms in total. The van der Waals surface area contributed by atoms with Gasteiger partial charge in [-0.25, -0.2) is 0 Å². The molecule has 3 aliphatic rings. The zero-order valence-corrected chi connectivity index (χ0v) is 28.8. The summed E-state index contributed by atoms with van der Waals surface area (Å²) in [6.45, 7) is 1.37. The maximum absolute atomic E-state index is 9.44. The third-order valence-electron chi connectivity index (χ3n) is 11.5. The van der Waals surface area contributed by atoms with Crippen LogP contribution in [0.15, 0.2) is 146 Å². The van der Waals surface area contributed by atoms with Gasteiger partial charge in [-0.05, 0) is 132 Å². The van der Waals surface area contributed by atoms with E-state index in [0.29, 0.717) is 12.2 Å². The first-order valence-electron chi connectivity index (χ1n) is 17.8. The Morgan fingerprint density at radius 2 is 1.10 bits per heavy atom. The van der Waals surface area contributed by atoms with Gasteiger partial charge in [0.15, 0.2) is 6.79 Å². The van der Waals surface area contributed by atoms with E-state index in [0.717, 1.165) is 16.3 Å². The van der Waals surface area contributed by atoms with Gasteiger partial charge in [-0.2, -0.15) is 0 Å². The molecule has 252 valence electrons. The van der Waals surface area contributed by atoms with Crippen molar-refractivity contribution in [2.24, 2.45) is 0 Å². The minimum Gasteiger partial charge on any atom is -0.468 e. The van der Waals surface area contributed by atoms with Crippen molar-refractivity contribution in [3.05, 3.63) is 179 Å². The maximum atomic E-state index is 9.44. The van der Waals surface area contributed by atoms with Crippen molar-refractivity contribution in [3.63, 3.8) is 0 Å². The second kappa shape index (κ2) is 11.6. The van der Waals surface area contributed by atoms with Gasteiger partial charge in [0.25, 0.3) is 0 Å². The molecule has 4 heteroatoms. The van der Waals surface area contributed by atoms with E-state index < -0.39 is 11.0 Å². The van der Waals surface area contributed by atoms with Crippen molar-refractivity contribution in [1.29, 1.82) is 0 Å². The predicted octanol–water partition coefficient (Wildman–Crippen LogP) is 10.1. The Balaban J connectivity index is 1.15. The van der Waals surface area contributed by atoms with Gasteiger partial charge >= 0.3 is 0 Å². The Kier molecular flexibility index (Phi) is 6.93. The number of ether oxygens (including phenoxy) is 2. The molecule has 0 aliphatic heterocycles. The Morgan fingerprint density at radius 3 is 1.77 bits per heavy atom. The first-order chi connectivity index (χ1) is 25.5. The van der Waals surface area contributed by atoms with E-state index in [-0.39, 0.29) is 13.6 Å². The number of rotatable bonds is 6. The molecular weight excluding hydrogens is 641 g/mol. The van der Waals surface area contributed by atoms with E-state index in [1.54, 1.807) is 0 Å². The van der Waals surface area contributed by atoms with Crippen LogP contribution in [0.2, 0.25) is 0 Å². The predicted molar refractivity (Wildman–Crippen MR) is 208 cm³/mol. The number of fused-ring (bicyclic) bond motifs is 12. The number of aliphatic hydroxyl groups is 2. The summed E-state index contributed by atoms with van der Waals surface area (Å²) in [4.78, 5) is 0. The highest BCUT2D eigenvalue weighted by atomic mass is 16.6. The van der Waals surface area contributed by atoms with Crippen molar-refractivity contribution < 1.29 is 19.7 Å². The molecule has 1 spiro atoms. The highest BCUT2D eigenvalue weighted by molar-refractivity contribution is 5.97. The van der Waals surface area contributed by atoms with Crippen LogP contribution in [0.25, 0.3) is 61.4 Å². The van der Waals surface area contributed by atoms with E-state index in [1.807, 2.05) is 19.1 Å². The van der Waals surface area contributed by atoms with Crippen LogP contribution in [0.5, 0.6) is 5.75 Å². The standard InChI is InChI=1S/C48H36O4/c1-47(52-29-50)21-20-36-23-31(12-13-37(36)27-47)35-16-19-42-40-7-3-5-9-44(40)48(46(42)26-35)43-8-4-2-6-39(43)41-18-15-34(25-45(41)48)30-10-11-33-24-38(51-28-49)17-14-32(33)22-30/h2-26,49-50H,27-29H2,1H3. The summed E-state index contributed by atoms with van der Waals surface area (Å²) in [7, 11) is 0. The van der Waals surface area contributed by atoms with Crippen LogP contribution in [-0.2, 0) is 16.6 Å². The molecule has 10 rings (SSSR count). The van der Waals surface area contributed by atoms with Gasteiger partial charge < -0.3 is 19.7 Å². The lowest BCUT2D eigenvalue weighted by molar-refractivity contribution is -0.0816. The van der Waals surface area contributed by atoms with Crippen LogP contribution < -0.4 is 4.74 Å². The smallest absolute Gasteiger partial charge is 0.186 e. The van der Waals surface area contributed by atoms with E-state index in [2.05, 4.69) is 140 Å². The van der Waals surface area contributed by atoms with Crippen molar-refractivity contribution in [2.45, 2.75) is 24.4 Å². The van der Waals surface area contributed by atoms with Gasteiger partial charge in [0.1, 0.15) is 12.5 Å².